The predicted octanol–water partition coefficient (Wildman–Crippen LogP) is 3.69. The van der Waals surface area contributed by atoms with Crippen molar-refractivity contribution in [2.45, 2.75) is 50.9 Å². The lowest BCUT2D eigenvalue weighted by Gasteiger charge is -2.36. The third-order valence-electron chi connectivity index (χ3n) is 8.88. The fourth-order valence-electron chi connectivity index (χ4n) is 6.28. The molecule has 3 aromatic carbocycles. The Labute approximate surface area is 245 Å². The predicted molar refractivity (Wildman–Crippen MR) is 159 cm³/mol. The fourth-order valence-corrected chi connectivity index (χ4v) is 6.28. The zero-order valence-electron chi connectivity index (χ0n) is 23.6. The van der Waals surface area contributed by atoms with Crippen molar-refractivity contribution in [3.05, 3.63) is 107 Å². The van der Waals surface area contributed by atoms with Crippen LogP contribution >= 0.6 is 0 Å². The molecule has 0 aliphatic carbocycles. The van der Waals surface area contributed by atoms with E-state index < -0.39 is 17.4 Å². The quantitative estimate of drug-likeness (QED) is 0.321. The standard InChI is InChI=1S/C34H35N3O5/c1-23(7-6-12-31(39)36-21-26-9-3-2-8-25(26)19-28(36)22-38)34(42)29-10-4-5-11-30(29)37(33(34)41)20-24-13-15-27(16-14-24)35-18-17-32(35)40/h2-11,13-16,23,28,38,42H,12,17-22H2,1H3/b7-6+/t23-,28+,34+/m1/s1. The molecule has 0 bridgehead atoms. The van der Waals surface area contributed by atoms with Gasteiger partial charge in [0.2, 0.25) is 11.8 Å². The van der Waals surface area contributed by atoms with E-state index in [1.165, 1.54) is 0 Å². The first-order valence-corrected chi connectivity index (χ1v) is 14.5. The van der Waals surface area contributed by atoms with Gasteiger partial charge in [-0.1, -0.05) is 73.7 Å². The number of para-hydroxylation sites is 1. The van der Waals surface area contributed by atoms with Crippen molar-refractivity contribution in [2.75, 3.05) is 23.0 Å². The number of carbonyl (C=O) groups is 3. The first-order valence-electron chi connectivity index (χ1n) is 14.5. The molecule has 0 radical (unpaired) electrons. The van der Waals surface area contributed by atoms with Gasteiger partial charge in [0, 0.05) is 43.1 Å². The van der Waals surface area contributed by atoms with Gasteiger partial charge in [-0.3, -0.25) is 14.4 Å². The molecule has 3 amide bonds. The number of benzene rings is 3. The molecule has 6 rings (SSSR count). The monoisotopic (exact) mass is 565 g/mol. The molecule has 3 heterocycles. The summed E-state index contributed by atoms with van der Waals surface area (Å²) >= 11 is 0. The minimum Gasteiger partial charge on any atom is -0.394 e. The summed E-state index contributed by atoms with van der Waals surface area (Å²) in [5.74, 6) is -1.02. The number of fused-ring (bicyclic) bond motifs is 2. The van der Waals surface area contributed by atoms with Gasteiger partial charge in [-0.15, -0.1) is 0 Å². The van der Waals surface area contributed by atoms with Gasteiger partial charge in [-0.2, -0.15) is 0 Å². The van der Waals surface area contributed by atoms with Crippen molar-refractivity contribution in [1.82, 2.24) is 4.90 Å². The molecule has 42 heavy (non-hydrogen) atoms. The topological polar surface area (TPSA) is 101 Å². The molecule has 3 aromatic rings. The Morgan fingerprint density at radius 2 is 1.74 bits per heavy atom. The highest BCUT2D eigenvalue weighted by Crippen LogP contribution is 2.45. The summed E-state index contributed by atoms with van der Waals surface area (Å²) in [4.78, 5) is 43.9. The Bertz CT molecular complexity index is 1550. The molecule has 0 spiro atoms. The number of β-lactam (4-membered cyclic amide) rings is 1. The van der Waals surface area contributed by atoms with E-state index in [0.717, 1.165) is 22.4 Å². The highest BCUT2D eigenvalue weighted by Gasteiger charge is 2.52. The molecular weight excluding hydrogens is 530 g/mol. The zero-order chi connectivity index (χ0) is 29.4. The lowest BCUT2D eigenvalue weighted by Crippen LogP contribution is -2.46. The van der Waals surface area contributed by atoms with E-state index >= 15 is 0 Å². The maximum Gasteiger partial charge on any atom is 0.264 e. The number of hydrogen-bond donors (Lipinski definition) is 2. The van der Waals surface area contributed by atoms with Gasteiger partial charge in [0.1, 0.15) is 0 Å². The van der Waals surface area contributed by atoms with Crippen LogP contribution < -0.4 is 9.80 Å². The van der Waals surface area contributed by atoms with Gasteiger partial charge < -0.3 is 24.9 Å². The molecule has 0 saturated carbocycles. The summed E-state index contributed by atoms with van der Waals surface area (Å²) in [5, 5.41) is 21.8. The number of anilines is 2. The second kappa shape index (κ2) is 11.2. The third-order valence-corrected chi connectivity index (χ3v) is 8.88. The summed E-state index contributed by atoms with van der Waals surface area (Å²) in [7, 11) is 0. The van der Waals surface area contributed by atoms with E-state index in [-0.39, 0.29) is 37.4 Å². The van der Waals surface area contributed by atoms with Gasteiger partial charge in [-0.05, 0) is 41.3 Å². The van der Waals surface area contributed by atoms with Crippen LogP contribution in [0.2, 0.25) is 0 Å². The minimum atomic E-state index is -1.78. The number of aliphatic hydroxyl groups is 2. The lowest BCUT2D eigenvalue weighted by atomic mass is 9.83. The van der Waals surface area contributed by atoms with E-state index in [9.17, 15) is 24.6 Å². The summed E-state index contributed by atoms with van der Waals surface area (Å²) in [6.45, 7) is 3.12. The molecule has 3 aliphatic heterocycles. The molecular formula is C34H35N3O5. The Morgan fingerprint density at radius 3 is 2.43 bits per heavy atom. The molecule has 0 unspecified atom stereocenters. The molecule has 1 fully saturated rings. The van der Waals surface area contributed by atoms with Gasteiger partial charge in [0.15, 0.2) is 5.60 Å². The van der Waals surface area contributed by atoms with Crippen LogP contribution in [0.5, 0.6) is 0 Å². The second-order valence-corrected chi connectivity index (χ2v) is 11.4. The number of nitrogens with zero attached hydrogens (tertiary/aromatic N) is 3. The minimum absolute atomic E-state index is 0.102. The number of carbonyl (C=O) groups excluding carboxylic acids is 3. The smallest absolute Gasteiger partial charge is 0.264 e. The second-order valence-electron chi connectivity index (χ2n) is 11.4. The Morgan fingerprint density at radius 1 is 1.02 bits per heavy atom. The van der Waals surface area contributed by atoms with E-state index in [4.69, 9.17) is 0 Å². The van der Waals surface area contributed by atoms with Crippen molar-refractivity contribution in [2.24, 2.45) is 5.92 Å². The van der Waals surface area contributed by atoms with Crippen LogP contribution in [0.4, 0.5) is 11.4 Å². The van der Waals surface area contributed by atoms with Crippen molar-refractivity contribution in [3.8, 4) is 0 Å². The average Bonchev–Trinajstić information content (AvgIpc) is 3.23. The molecule has 1 saturated heterocycles. The lowest BCUT2D eigenvalue weighted by molar-refractivity contribution is -0.139. The van der Waals surface area contributed by atoms with Gasteiger partial charge in [0.05, 0.1) is 24.9 Å². The van der Waals surface area contributed by atoms with Gasteiger partial charge >= 0.3 is 0 Å². The Hall–Kier alpha value is -4.27. The van der Waals surface area contributed by atoms with Crippen LogP contribution in [0, 0.1) is 5.92 Å². The van der Waals surface area contributed by atoms with Crippen LogP contribution in [-0.2, 0) is 39.5 Å². The molecule has 3 aliphatic rings. The van der Waals surface area contributed by atoms with Gasteiger partial charge in [0.25, 0.3) is 5.91 Å². The summed E-state index contributed by atoms with van der Waals surface area (Å²) < 4.78 is 0. The van der Waals surface area contributed by atoms with E-state index in [2.05, 4.69) is 0 Å². The fraction of sp³-hybridized carbons (Fsp3) is 0.324. The van der Waals surface area contributed by atoms with E-state index in [0.29, 0.717) is 37.2 Å². The highest BCUT2D eigenvalue weighted by molar-refractivity contribution is 6.07. The molecule has 0 aromatic heterocycles. The highest BCUT2D eigenvalue weighted by atomic mass is 16.3. The molecule has 8 heteroatoms. The zero-order valence-corrected chi connectivity index (χ0v) is 23.6. The van der Waals surface area contributed by atoms with E-state index in [1.54, 1.807) is 39.8 Å². The van der Waals surface area contributed by atoms with Gasteiger partial charge in [-0.25, -0.2) is 0 Å². The van der Waals surface area contributed by atoms with Crippen LogP contribution in [-0.4, -0.2) is 52.0 Å². The number of hydrogen-bond acceptors (Lipinski definition) is 5. The third kappa shape index (κ3) is 4.80. The first kappa shape index (κ1) is 27.9. The average molecular weight is 566 g/mol. The molecule has 2 N–H and O–H groups in total. The molecule has 3 atom stereocenters. The Balaban J connectivity index is 1.16. The van der Waals surface area contributed by atoms with Crippen LogP contribution in [0.15, 0.2) is 84.9 Å². The largest absolute Gasteiger partial charge is 0.394 e. The van der Waals surface area contributed by atoms with E-state index in [1.807, 2.05) is 66.7 Å². The van der Waals surface area contributed by atoms with Crippen molar-refractivity contribution in [1.29, 1.82) is 0 Å². The van der Waals surface area contributed by atoms with Crippen molar-refractivity contribution in [3.63, 3.8) is 0 Å². The summed E-state index contributed by atoms with van der Waals surface area (Å²) in [5.41, 5.74) is 3.37. The number of aliphatic hydroxyl groups excluding tert-OH is 1. The summed E-state index contributed by atoms with van der Waals surface area (Å²) in [6.07, 6.45) is 4.73. The molecule has 8 nitrogen and oxygen atoms in total. The van der Waals surface area contributed by atoms with Crippen LogP contribution in [0.3, 0.4) is 0 Å². The SMILES string of the molecule is C[C@H](/C=C/CC(=O)N1Cc2ccccc2C[C@H]1CO)[C@@]1(O)C(=O)N(Cc2ccc(N3CCC3=O)cc2)c2ccccc21. The molecule has 216 valence electrons. The Kier molecular flexibility index (Phi) is 7.43. The maximum absolute atomic E-state index is 13.8. The summed E-state index contributed by atoms with van der Waals surface area (Å²) in [6, 6.07) is 22.5. The van der Waals surface area contributed by atoms with Crippen molar-refractivity contribution < 1.29 is 24.6 Å². The maximum atomic E-state index is 13.8. The normalized spacial score (nSPS) is 22.3. The van der Waals surface area contributed by atoms with Crippen LogP contribution in [0.25, 0.3) is 0 Å². The number of rotatable bonds is 8. The van der Waals surface area contributed by atoms with Crippen LogP contribution in [0.1, 0.15) is 42.0 Å². The number of amides is 3. The first-order chi connectivity index (χ1) is 20.3. The van der Waals surface area contributed by atoms with Crippen molar-refractivity contribution >= 4 is 29.1 Å².